The molecule has 6 rings (SSSR count). The van der Waals surface area contributed by atoms with Gasteiger partial charge < -0.3 is 39.7 Å². The molecule has 3 fully saturated rings. The smallest absolute Gasteiger partial charge is 0.407 e. The Morgan fingerprint density at radius 1 is 1.10 bits per heavy atom. The third-order valence-electron chi connectivity index (χ3n) is 8.80. The molecule has 4 heterocycles. The number of aliphatic hydroxyl groups excluding tert-OH is 1. The van der Waals surface area contributed by atoms with Gasteiger partial charge in [0.2, 0.25) is 11.3 Å². The number of alkyl carbamates (subject to hydrolysis) is 1. The Morgan fingerprint density at radius 2 is 1.79 bits per heavy atom. The van der Waals surface area contributed by atoms with E-state index in [4.69, 9.17) is 4.74 Å². The lowest BCUT2D eigenvalue weighted by molar-refractivity contribution is -0.156. The number of likely N-dealkylation sites (N-methyl/N-ethyl adjacent to an activating group) is 1. The number of piperazine rings is 1. The van der Waals surface area contributed by atoms with Crippen LogP contribution in [0.15, 0.2) is 26.5 Å². The second-order valence-corrected chi connectivity index (χ2v) is 14.4. The predicted octanol–water partition coefficient (Wildman–Crippen LogP) is 2.09. The number of β-lactam (4-membered cyclic amide) rings is 1. The van der Waals surface area contributed by atoms with Gasteiger partial charge in [0.15, 0.2) is 11.6 Å². The van der Waals surface area contributed by atoms with Gasteiger partial charge >= 0.3 is 18.0 Å². The molecule has 0 bridgehead atoms. The van der Waals surface area contributed by atoms with E-state index in [1.54, 1.807) is 4.90 Å². The average Bonchev–Trinajstić information content (AvgIpc) is 3.81. The molecular weight excluding hydrogens is 676 g/mol. The van der Waals surface area contributed by atoms with Crippen LogP contribution in [0, 0.1) is 17.6 Å². The summed E-state index contributed by atoms with van der Waals surface area (Å²) in [6.07, 6.45) is 0.489. The Hall–Kier alpha value is -3.87. The van der Waals surface area contributed by atoms with Crippen LogP contribution in [0.5, 0.6) is 0 Å². The molecule has 1 saturated carbocycles. The van der Waals surface area contributed by atoms with Gasteiger partial charge in [-0.15, -0.1) is 11.8 Å². The largest absolute Gasteiger partial charge is 0.477 e. The number of hydrogen-bond acceptors (Lipinski definition) is 11. The van der Waals surface area contributed by atoms with Crippen molar-refractivity contribution in [2.45, 2.75) is 42.2 Å². The molecule has 14 nitrogen and oxygen atoms in total. The lowest BCUT2D eigenvalue weighted by atomic mass is 9.92. The first-order chi connectivity index (χ1) is 22.8. The highest BCUT2D eigenvalue weighted by atomic mass is 32.2. The first kappa shape index (κ1) is 34.0. The number of rotatable bonds is 11. The fraction of sp³-hybridized carbons (Fsp3) is 0.500. The third kappa shape index (κ3) is 5.98. The number of carbonyl (C=O) groups excluding carboxylic acids is 2. The van der Waals surface area contributed by atoms with Crippen molar-refractivity contribution in [3.05, 3.63) is 44.2 Å². The number of fused-ring (bicyclic) bond motifs is 2. The Kier molecular flexibility index (Phi) is 9.36. The van der Waals surface area contributed by atoms with Crippen molar-refractivity contribution in [1.29, 1.82) is 0 Å². The second kappa shape index (κ2) is 13.2. The van der Waals surface area contributed by atoms with E-state index in [-0.39, 0.29) is 50.4 Å². The zero-order valence-corrected chi connectivity index (χ0v) is 27.5. The van der Waals surface area contributed by atoms with Gasteiger partial charge in [-0.1, -0.05) is 11.8 Å². The van der Waals surface area contributed by atoms with E-state index in [0.29, 0.717) is 39.0 Å². The quantitative estimate of drug-likeness (QED) is 0.151. The minimum atomic E-state index is -1.52. The highest BCUT2D eigenvalue weighted by molar-refractivity contribution is 8.04. The maximum atomic E-state index is 16.3. The molecule has 3 atom stereocenters. The number of benzene rings is 1. The molecule has 18 heteroatoms. The number of carbonyl (C=O) groups is 4. The topological polar surface area (TPSA) is 182 Å². The first-order valence-corrected chi connectivity index (χ1v) is 17.1. The lowest BCUT2D eigenvalue weighted by Crippen LogP contribution is -2.60. The Labute approximate surface area is 280 Å². The Bertz CT molecular complexity index is 1810. The van der Waals surface area contributed by atoms with E-state index in [9.17, 15) is 39.3 Å². The van der Waals surface area contributed by atoms with Gasteiger partial charge in [0.1, 0.15) is 28.9 Å². The van der Waals surface area contributed by atoms with Crippen LogP contribution in [0.3, 0.4) is 0 Å². The fourth-order valence-electron chi connectivity index (χ4n) is 6.17. The number of carboxylic acids is 2. The Morgan fingerprint density at radius 3 is 2.40 bits per heavy atom. The summed E-state index contributed by atoms with van der Waals surface area (Å²) >= 11 is 1.84. The number of aromatic nitrogens is 1. The van der Waals surface area contributed by atoms with Crippen molar-refractivity contribution in [3.8, 4) is 0 Å². The van der Waals surface area contributed by atoms with Gasteiger partial charge in [0.25, 0.3) is 0 Å². The molecule has 258 valence electrons. The molecule has 0 spiro atoms. The van der Waals surface area contributed by atoms with Crippen molar-refractivity contribution in [1.82, 2.24) is 19.7 Å². The minimum Gasteiger partial charge on any atom is -0.477 e. The summed E-state index contributed by atoms with van der Waals surface area (Å²) in [5.41, 5.74) is -2.38. The fourth-order valence-corrected chi connectivity index (χ4v) is 8.66. The van der Waals surface area contributed by atoms with Gasteiger partial charge in [-0.3, -0.25) is 14.5 Å². The van der Waals surface area contributed by atoms with Crippen molar-refractivity contribution in [2.24, 2.45) is 5.92 Å². The molecule has 2 aromatic rings. The van der Waals surface area contributed by atoms with Crippen molar-refractivity contribution in [2.75, 3.05) is 57.0 Å². The molecule has 4 N–H and O–H groups in total. The Balaban J connectivity index is 1.21. The molecule has 0 unspecified atom stereocenters. The van der Waals surface area contributed by atoms with E-state index < -0.39 is 70.6 Å². The average molecular weight is 710 g/mol. The molecular formula is C30H33F2N5O9S2. The van der Waals surface area contributed by atoms with E-state index in [1.165, 1.54) is 11.5 Å². The number of halogens is 2. The molecule has 2 amide bonds. The zero-order chi connectivity index (χ0) is 34.6. The summed E-state index contributed by atoms with van der Waals surface area (Å²) in [5, 5.41) is 30.7. The maximum absolute atomic E-state index is 16.3. The number of amides is 2. The molecule has 1 aromatic heterocycles. The highest BCUT2D eigenvalue weighted by Gasteiger charge is 2.57. The molecule has 1 aliphatic carbocycles. The van der Waals surface area contributed by atoms with Gasteiger partial charge in [0.05, 0.1) is 32.7 Å². The summed E-state index contributed by atoms with van der Waals surface area (Å²) in [6.45, 7) is 2.63. The van der Waals surface area contributed by atoms with Crippen LogP contribution in [0.2, 0.25) is 0 Å². The number of carboxylic acid groups (broad SMARTS) is 2. The number of aliphatic hydroxyl groups is 1. The van der Waals surface area contributed by atoms with E-state index in [2.05, 4.69) is 5.32 Å². The van der Waals surface area contributed by atoms with Gasteiger partial charge in [-0.25, -0.2) is 23.2 Å². The normalized spacial score (nSPS) is 21.7. The number of aromatic carboxylic acids is 1. The number of pyridine rings is 1. The van der Waals surface area contributed by atoms with Crippen molar-refractivity contribution >= 4 is 64.1 Å². The molecule has 48 heavy (non-hydrogen) atoms. The number of ether oxygens (including phenoxy) is 1. The standard InChI is InChI=1S/C30H33F2N5O9S2/c1-13(38)17-26(40)37-21(29(43)44)16(48-27(17)37)12-46-30(45)33-5-10-47-25-18-22(36(14-3-4-14)11-15(24(18)39)28(41)42)19(31)23(20(25)32)35-8-6-34(2)7-9-35/h11,13-14,17,27,38H,3-10,12H2,1-2H3,(H,33,45)(H,41,42)(H,43,44)/t13-,17-,27-/m1/s1. The molecule has 3 aliphatic heterocycles. The monoisotopic (exact) mass is 709 g/mol. The van der Waals surface area contributed by atoms with Crippen LogP contribution in [0.1, 0.15) is 36.2 Å². The van der Waals surface area contributed by atoms with Crippen LogP contribution in [-0.2, 0) is 14.3 Å². The third-order valence-corrected chi connectivity index (χ3v) is 11.2. The summed E-state index contributed by atoms with van der Waals surface area (Å²) in [6, 6.07) is -0.237. The van der Waals surface area contributed by atoms with E-state index >= 15 is 8.78 Å². The van der Waals surface area contributed by atoms with Crippen LogP contribution < -0.4 is 15.6 Å². The predicted molar refractivity (Wildman–Crippen MR) is 171 cm³/mol. The van der Waals surface area contributed by atoms with Gasteiger partial charge in [-0.2, -0.15) is 0 Å². The summed E-state index contributed by atoms with van der Waals surface area (Å²) in [4.78, 5) is 66.7. The SMILES string of the molecule is C[C@@H](O)[C@@H]1C(=O)N2C(C(=O)O)=C(COC(=O)NCCSc3c(F)c(N4CCN(C)CC4)c(F)c4c3c(=O)c(C(=O)O)cn4C3CC3)S[C@H]12. The van der Waals surface area contributed by atoms with Crippen LogP contribution in [-0.4, -0.2) is 117 Å². The summed E-state index contributed by atoms with van der Waals surface area (Å²) < 4.78 is 39.3. The van der Waals surface area contributed by atoms with Crippen molar-refractivity contribution in [3.63, 3.8) is 0 Å². The summed E-state index contributed by atoms with van der Waals surface area (Å²) in [7, 11) is 1.90. The molecule has 2 saturated heterocycles. The number of anilines is 1. The number of nitrogens with zero attached hydrogens (tertiary/aromatic N) is 4. The first-order valence-electron chi connectivity index (χ1n) is 15.3. The number of thioether (sulfide) groups is 2. The minimum absolute atomic E-state index is 0.0205. The number of hydrogen-bond donors (Lipinski definition) is 4. The van der Waals surface area contributed by atoms with Crippen LogP contribution in [0.4, 0.5) is 19.3 Å². The van der Waals surface area contributed by atoms with E-state index in [1.807, 2.05) is 11.9 Å². The lowest BCUT2D eigenvalue weighted by Gasteiger charge is -2.43. The molecule has 4 aliphatic rings. The van der Waals surface area contributed by atoms with Crippen LogP contribution in [0.25, 0.3) is 10.9 Å². The highest BCUT2D eigenvalue weighted by Crippen LogP contribution is 2.50. The second-order valence-electron chi connectivity index (χ2n) is 12.0. The number of nitrogens with one attached hydrogen (secondary N) is 1. The zero-order valence-electron chi connectivity index (χ0n) is 25.9. The van der Waals surface area contributed by atoms with Crippen LogP contribution >= 0.6 is 23.5 Å². The van der Waals surface area contributed by atoms with Crippen molar-refractivity contribution < 1.29 is 48.0 Å². The molecule has 0 radical (unpaired) electrons. The molecule has 1 aromatic carbocycles. The van der Waals surface area contributed by atoms with Gasteiger partial charge in [-0.05, 0) is 26.8 Å². The number of aliphatic carboxylic acids is 1. The summed E-state index contributed by atoms with van der Waals surface area (Å²) in [5.74, 6) is -6.15. The van der Waals surface area contributed by atoms with Gasteiger partial charge in [0, 0.05) is 50.7 Å². The van der Waals surface area contributed by atoms with E-state index in [0.717, 1.165) is 34.6 Å². The maximum Gasteiger partial charge on any atom is 0.407 e.